The van der Waals surface area contributed by atoms with Crippen molar-refractivity contribution < 1.29 is 18.7 Å². The maximum Gasteiger partial charge on any atom is 0.362 e. The third-order valence-corrected chi connectivity index (χ3v) is 4.43. The van der Waals surface area contributed by atoms with E-state index in [9.17, 15) is 9.67 Å². The Morgan fingerprint density at radius 2 is 1.82 bits per heavy atom. The fourth-order valence-electron chi connectivity index (χ4n) is 1.41. The number of benzene rings is 1. The monoisotopic (exact) mass is 256 g/mol. The van der Waals surface area contributed by atoms with Crippen molar-refractivity contribution >= 4 is 13.7 Å². The van der Waals surface area contributed by atoms with Crippen LogP contribution in [0.1, 0.15) is 12.5 Å². The van der Waals surface area contributed by atoms with Gasteiger partial charge in [-0.2, -0.15) is 0 Å². The fraction of sp³-hybridized carbons (Fsp3) is 0.333. The SMILES string of the molecule is COP(=O)(OC)C(O)C(C)=Cc1ccccc1. The van der Waals surface area contributed by atoms with Gasteiger partial charge in [0.2, 0.25) is 0 Å². The fourth-order valence-corrected chi connectivity index (χ4v) is 2.53. The zero-order chi connectivity index (χ0) is 12.9. The van der Waals surface area contributed by atoms with Crippen LogP contribution in [0.4, 0.5) is 0 Å². The Balaban J connectivity index is 2.94. The molecule has 0 aliphatic heterocycles. The van der Waals surface area contributed by atoms with Crippen molar-refractivity contribution in [2.24, 2.45) is 0 Å². The lowest BCUT2D eigenvalue weighted by molar-refractivity contribution is 0.195. The first-order chi connectivity index (χ1) is 8.03. The molecule has 0 saturated carbocycles. The van der Waals surface area contributed by atoms with Crippen molar-refractivity contribution in [2.45, 2.75) is 12.8 Å². The number of hydrogen-bond donors (Lipinski definition) is 1. The van der Waals surface area contributed by atoms with Gasteiger partial charge in [-0.15, -0.1) is 0 Å². The maximum absolute atomic E-state index is 11.9. The van der Waals surface area contributed by atoms with E-state index in [1.54, 1.807) is 13.0 Å². The molecular weight excluding hydrogens is 239 g/mol. The molecule has 1 unspecified atom stereocenters. The molecule has 0 bridgehead atoms. The van der Waals surface area contributed by atoms with Gasteiger partial charge in [0.15, 0.2) is 5.85 Å². The molecule has 0 amide bonds. The van der Waals surface area contributed by atoms with Crippen molar-refractivity contribution in [3.8, 4) is 0 Å². The zero-order valence-corrected chi connectivity index (χ0v) is 11.1. The van der Waals surface area contributed by atoms with E-state index >= 15 is 0 Å². The number of aliphatic hydroxyl groups is 1. The first kappa shape index (κ1) is 14.1. The van der Waals surface area contributed by atoms with Crippen LogP contribution < -0.4 is 0 Å². The molecule has 17 heavy (non-hydrogen) atoms. The Bertz CT molecular complexity index is 419. The van der Waals surface area contributed by atoms with Gasteiger partial charge in [-0.1, -0.05) is 36.4 Å². The summed E-state index contributed by atoms with van der Waals surface area (Å²) in [6.45, 7) is 1.68. The molecule has 0 aliphatic carbocycles. The molecule has 0 aromatic heterocycles. The van der Waals surface area contributed by atoms with Gasteiger partial charge in [-0.05, 0) is 18.1 Å². The Kier molecular flexibility index (Phi) is 5.09. The minimum absolute atomic E-state index is 0.531. The first-order valence-electron chi connectivity index (χ1n) is 5.16. The first-order valence-corrected chi connectivity index (χ1v) is 6.77. The van der Waals surface area contributed by atoms with Gasteiger partial charge in [0.25, 0.3) is 0 Å². The van der Waals surface area contributed by atoms with Gasteiger partial charge in [-0.25, -0.2) is 0 Å². The predicted molar refractivity (Wildman–Crippen MR) is 67.7 cm³/mol. The van der Waals surface area contributed by atoms with E-state index in [4.69, 9.17) is 9.05 Å². The summed E-state index contributed by atoms with van der Waals surface area (Å²) in [7, 11) is -0.971. The standard InChI is InChI=1S/C12H17O4P/c1-10(9-11-7-5-4-6-8-11)12(13)17(14,15-2)16-3/h4-9,12-13H,1-3H3. The Morgan fingerprint density at radius 3 is 2.29 bits per heavy atom. The van der Waals surface area contributed by atoms with Crippen LogP contribution in [0.15, 0.2) is 35.9 Å². The third-order valence-electron chi connectivity index (χ3n) is 2.41. The van der Waals surface area contributed by atoms with Gasteiger partial charge in [0.1, 0.15) is 0 Å². The van der Waals surface area contributed by atoms with E-state index in [2.05, 4.69) is 0 Å². The summed E-state index contributed by atoms with van der Waals surface area (Å²) in [5.74, 6) is -1.25. The maximum atomic E-state index is 11.9. The molecule has 0 spiro atoms. The second-order valence-corrected chi connectivity index (χ2v) is 5.88. The molecule has 0 aliphatic rings. The van der Waals surface area contributed by atoms with E-state index in [1.807, 2.05) is 30.3 Å². The molecule has 4 nitrogen and oxygen atoms in total. The minimum atomic E-state index is -3.48. The normalized spacial score (nSPS) is 14.7. The summed E-state index contributed by atoms with van der Waals surface area (Å²) in [5, 5.41) is 9.92. The summed E-state index contributed by atoms with van der Waals surface area (Å²) >= 11 is 0. The van der Waals surface area contributed by atoms with Gasteiger partial charge in [0, 0.05) is 14.2 Å². The van der Waals surface area contributed by atoms with Crippen LogP contribution in [-0.4, -0.2) is 25.2 Å². The highest BCUT2D eigenvalue weighted by molar-refractivity contribution is 7.54. The van der Waals surface area contributed by atoms with Crippen LogP contribution in [0.3, 0.4) is 0 Å². The number of rotatable bonds is 5. The average molecular weight is 256 g/mol. The summed E-state index contributed by atoms with van der Waals surface area (Å²) in [5.41, 5.74) is 1.45. The topological polar surface area (TPSA) is 55.8 Å². The lowest BCUT2D eigenvalue weighted by Gasteiger charge is -2.20. The van der Waals surface area contributed by atoms with Crippen molar-refractivity contribution in [1.29, 1.82) is 0 Å². The number of hydrogen-bond acceptors (Lipinski definition) is 4. The highest BCUT2D eigenvalue weighted by atomic mass is 31.2. The molecule has 1 N–H and O–H groups in total. The summed E-state index contributed by atoms with van der Waals surface area (Å²) in [6, 6.07) is 9.45. The number of aliphatic hydroxyl groups excluding tert-OH is 1. The molecule has 94 valence electrons. The second-order valence-electron chi connectivity index (χ2n) is 3.58. The van der Waals surface area contributed by atoms with Gasteiger partial charge >= 0.3 is 7.60 Å². The van der Waals surface area contributed by atoms with Crippen LogP contribution >= 0.6 is 7.60 Å². The van der Waals surface area contributed by atoms with E-state index in [0.29, 0.717) is 5.57 Å². The molecule has 1 aromatic carbocycles. The van der Waals surface area contributed by atoms with E-state index in [0.717, 1.165) is 5.56 Å². The Morgan fingerprint density at radius 1 is 1.29 bits per heavy atom. The molecule has 0 fully saturated rings. The van der Waals surface area contributed by atoms with Crippen LogP contribution in [0.2, 0.25) is 0 Å². The van der Waals surface area contributed by atoms with Gasteiger partial charge < -0.3 is 14.2 Å². The summed E-state index contributed by atoms with van der Waals surface area (Å²) in [4.78, 5) is 0. The smallest absolute Gasteiger partial charge is 0.362 e. The van der Waals surface area contributed by atoms with Crippen LogP contribution in [-0.2, 0) is 13.6 Å². The van der Waals surface area contributed by atoms with Crippen molar-refractivity contribution in [2.75, 3.05) is 14.2 Å². The van der Waals surface area contributed by atoms with Gasteiger partial charge in [-0.3, -0.25) is 4.57 Å². The van der Waals surface area contributed by atoms with Crippen LogP contribution in [0.25, 0.3) is 6.08 Å². The molecule has 1 atom stereocenters. The lowest BCUT2D eigenvalue weighted by Crippen LogP contribution is -2.11. The highest BCUT2D eigenvalue weighted by Gasteiger charge is 2.33. The summed E-state index contributed by atoms with van der Waals surface area (Å²) < 4.78 is 21.4. The molecule has 0 saturated heterocycles. The average Bonchev–Trinajstić information content (AvgIpc) is 2.38. The molecule has 0 heterocycles. The molecule has 0 radical (unpaired) electrons. The van der Waals surface area contributed by atoms with E-state index in [-0.39, 0.29) is 0 Å². The second kappa shape index (κ2) is 6.12. The van der Waals surface area contributed by atoms with Crippen LogP contribution in [0.5, 0.6) is 0 Å². The molecule has 1 rings (SSSR count). The van der Waals surface area contributed by atoms with Crippen molar-refractivity contribution in [3.05, 3.63) is 41.5 Å². The third kappa shape index (κ3) is 3.51. The Hall–Kier alpha value is -0.930. The molecule has 5 heteroatoms. The van der Waals surface area contributed by atoms with Crippen molar-refractivity contribution in [1.82, 2.24) is 0 Å². The minimum Gasteiger partial charge on any atom is -0.376 e. The predicted octanol–water partition coefficient (Wildman–Crippen LogP) is 2.89. The van der Waals surface area contributed by atoms with Crippen molar-refractivity contribution in [3.63, 3.8) is 0 Å². The van der Waals surface area contributed by atoms with E-state index < -0.39 is 13.4 Å². The highest BCUT2D eigenvalue weighted by Crippen LogP contribution is 2.52. The lowest BCUT2D eigenvalue weighted by atomic mass is 10.1. The van der Waals surface area contributed by atoms with Crippen LogP contribution in [0, 0.1) is 0 Å². The molecule has 1 aromatic rings. The van der Waals surface area contributed by atoms with E-state index in [1.165, 1.54) is 14.2 Å². The zero-order valence-electron chi connectivity index (χ0n) is 10.2. The van der Waals surface area contributed by atoms with Gasteiger partial charge in [0.05, 0.1) is 0 Å². The quantitative estimate of drug-likeness (QED) is 0.823. The largest absolute Gasteiger partial charge is 0.376 e. The molecular formula is C12H17O4P. The Labute approximate surface area is 101 Å². The summed E-state index contributed by atoms with van der Waals surface area (Å²) in [6.07, 6.45) is 1.75.